The average Bonchev–Trinajstić information content (AvgIpc) is 2.26. The quantitative estimate of drug-likeness (QED) is 0.445. The van der Waals surface area contributed by atoms with Crippen molar-refractivity contribution < 1.29 is 19.5 Å². The monoisotopic (exact) mass is 206 g/mol. The van der Waals surface area contributed by atoms with Gasteiger partial charge in [-0.3, -0.25) is 9.59 Å². The second-order valence-corrected chi connectivity index (χ2v) is 3.07. The second kappa shape index (κ2) is 5.05. The van der Waals surface area contributed by atoms with Crippen LogP contribution in [-0.2, 0) is 9.59 Å². The number of aldehydes is 1. The summed E-state index contributed by atoms with van der Waals surface area (Å²) >= 11 is 0. The van der Waals surface area contributed by atoms with E-state index < -0.39 is 24.1 Å². The normalized spacial score (nSPS) is 11.7. The number of aliphatic carboxylic acids is 1. The molecule has 0 spiro atoms. The summed E-state index contributed by atoms with van der Waals surface area (Å²) in [5.74, 6) is -2.70. The van der Waals surface area contributed by atoms with Crippen molar-refractivity contribution in [2.24, 2.45) is 5.92 Å². The SMILES string of the molecule is O=CC(CC(=O)O)C(=O)c1ccccc1. The summed E-state index contributed by atoms with van der Waals surface area (Å²) in [6.45, 7) is 0. The zero-order valence-corrected chi connectivity index (χ0v) is 7.92. The van der Waals surface area contributed by atoms with Gasteiger partial charge < -0.3 is 9.90 Å². The van der Waals surface area contributed by atoms with Gasteiger partial charge in [0.05, 0.1) is 12.3 Å². The lowest BCUT2D eigenvalue weighted by atomic mass is 9.96. The zero-order chi connectivity index (χ0) is 11.3. The van der Waals surface area contributed by atoms with Crippen LogP contribution in [0, 0.1) is 5.92 Å². The van der Waals surface area contributed by atoms with E-state index in [1.807, 2.05) is 0 Å². The van der Waals surface area contributed by atoms with Gasteiger partial charge in [0.1, 0.15) is 6.29 Å². The number of benzene rings is 1. The molecule has 0 bridgehead atoms. The molecular formula is C11H10O4. The molecule has 78 valence electrons. The number of carboxylic acid groups (broad SMARTS) is 1. The Balaban J connectivity index is 2.82. The Bertz CT molecular complexity index is 369. The first-order chi connectivity index (χ1) is 7.15. The molecule has 0 aromatic heterocycles. The topological polar surface area (TPSA) is 71.4 Å². The van der Waals surface area contributed by atoms with Crippen molar-refractivity contribution in [3.63, 3.8) is 0 Å². The molecule has 1 aromatic rings. The lowest BCUT2D eigenvalue weighted by molar-refractivity contribution is -0.138. The summed E-state index contributed by atoms with van der Waals surface area (Å²) in [5, 5.41) is 8.50. The molecule has 1 unspecified atom stereocenters. The summed E-state index contributed by atoms with van der Waals surface area (Å²) in [6, 6.07) is 8.18. The predicted molar refractivity (Wildman–Crippen MR) is 52.6 cm³/mol. The maximum atomic E-state index is 11.6. The van der Waals surface area contributed by atoms with E-state index in [1.54, 1.807) is 30.3 Å². The summed E-state index contributed by atoms with van der Waals surface area (Å²) in [7, 11) is 0. The third kappa shape index (κ3) is 3.02. The molecule has 1 atom stereocenters. The van der Waals surface area contributed by atoms with Crippen molar-refractivity contribution in [2.45, 2.75) is 6.42 Å². The summed E-state index contributed by atoms with van der Waals surface area (Å²) in [4.78, 5) is 32.6. The van der Waals surface area contributed by atoms with Crippen molar-refractivity contribution in [3.05, 3.63) is 35.9 Å². The first-order valence-electron chi connectivity index (χ1n) is 4.41. The van der Waals surface area contributed by atoms with Crippen LogP contribution in [0.3, 0.4) is 0 Å². The molecule has 0 aliphatic carbocycles. The van der Waals surface area contributed by atoms with Crippen LogP contribution in [0.5, 0.6) is 0 Å². The first kappa shape index (κ1) is 11.1. The lowest BCUT2D eigenvalue weighted by Crippen LogP contribution is -2.19. The van der Waals surface area contributed by atoms with Crippen LogP contribution in [0.1, 0.15) is 16.8 Å². The third-order valence-corrected chi connectivity index (χ3v) is 1.95. The minimum atomic E-state index is -1.16. The highest BCUT2D eigenvalue weighted by molar-refractivity contribution is 6.06. The smallest absolute Gasteiger partial charge is 0.304 e. The highest BCUT2D eigenvalue weighted by Crippen LogP contribution is 2.10. The maximum absolute atomic E-state index is 11.6. The summed E-state index contributed by atoms with van der Waals surface area (Å²) < 4.78 is 0. The van der Waals surface area contributed by atoms with Crippen LogP contribution < -0.4 is 0 Å². The average molecular weight is 206 g/mol. The van der Waals surface area contributed by atoms with Gasteiger partial charge in [-0.25, -0.2) is 0 Å². The molecule has 0 aliphatic rings. The minimum absolute atomic E-state index is 0.357. The van der Waals surface area contributed by atoms with Gasteiger partial charge in [0, 0.05) is 5.56 Å². The van der Waals surface area contributed by atoms with E-state index in [0.717, 1.165) is 0 Å². The van der Waals surface area contributed by atoms with Gasteiger partial charge in [0.2, 0.25) is 0 Å². The van der Waals surface area contributed by atoms with Crippen LogP contribution >= 0.6 is 0 Å². The second-order valence-electron chi connectivity index (χ2n) is 3.07. The van der Waals surface area contributed by atoms with Gasteiger partial charge in [-0.1, -0.05) is 30.3 Å². The van der Waals surface area contributed by atoms with Gasteiger partial charge in [0.15, 0.2) is 5.78 Å². The van der Waals surface area contributed by atoms with Crippen molar-refractivity contribution in [2.75, 3.05) is 0 Å². The molecule has 1 aromatic carbocycles. The molecule has 0 saturated carbocycles. The van der Waals surface area contributed by atoms with Gasteiger partial charge in [-0.2, -0.15) is 0 Å². The van der Waals surface area contributed by atoms with E-state index in [9.17, 15) is 14.4 Å². The van der Waals surface area contributed by atoms with Crippen molar-refractivity contribution in [3.8, 4) is 0 Å². The van der Waals surface area contributed by atoms with Crippen LogP contribution in [0.25, 0.3) is 0 Å². The molecule has 4 nitrogen and oxygen atoms in total. The number of carboxylic acids is 1. The Hall–Kier alpha value is -1.97. The van der Waals surface area contributed by atoms with Crippen LogP contribution in [0.2, 0.25) is 0 Å². The fourth-order valence-corrected chi connectivity index (χ4v) is 1.21. The van der Waals surface area contributed by atoms with Gasteiger partial charge >= 0.3 is 5.97 Å². The molecule has 0 heterocycles. The van der Waals surface area contributed by atoms with Crippen molar-refractivity contribution >= 4 is 18.0 Å². The molecule has 15 heavy (non-hydrogen) atoms. The number of hydrogen-bond acceptors (Lipinski definition) is 3. The van der Waals surface area contributed by atoms with Crippen LogP contribution in [0.15, 0.2) is 30.3 Å². The van der Waals surface area contributed by atoms with E-state index in [2.05, 4.69) is 0 Å². The number of Topliss-reactive ketones (excluding diaryl/α,β-unsaturated/α-hetero) is 1. The number of carbonyl (C=O) groups excluding carboxylic acids is 2. The number of carbonyl (C=O) groups is 3. The van der Waals surface area contributed by atoms with E-state index >= 15 is 0 Å². The van der Waals surface area contributed by atoms with Crippen molar-refractivity contribution in [1.29, 1.82) is 0 Å². The van der Waals surface area contributed by atoms with Crippen LogP contribution in [-0.4, -0.2) is 23.1 Å². The first-order valence-corrected chi connectivity index (χ1v) is 4.41. The molecule has 0 aliphatic heterocycles. The Labute approximate surface area is 86.5 Å². The molecule has 0 fully saturated rings. The molecule has 0 amide bonds. The largest absolute Gasteiger partial charge is 0.481 e. The van der Waals surface area contributed by atoms with E-state index in [-0.39, 0.29) is 0 Å². The Morgan fingerprint density at radius 3 is 2.33 bits per heavy atom. The third-order valence-electron chi connectivity index (χ3n) is 1.95. The zero-order valence-electron chi connectivity index (χ0n) is 7.92. The standard InChI is InChI=1S/C11H10O4/c12-7-9(6-10(13)14)11(15)8-4-2-1-3-5-8/h1-5,7,9H,6H2,(H,13,14). The highest BCUT2D eigenvalue weighted by Gasteiger charge is 2.21. The van der Waals surface area contributed by atoms with E-state index in [0.29, 0.717) is 11.8 Å². The molecule has 4 heteroatoms. The Morgan fingerprint density at radius 1 is 1.27 bits per heavy atom. The van der Waals surface area contributed by atoms with Crippen molar-refractivity contribution in [1.82, 2.24) is 0 Å². The Kier molecular flexibility index (Phi) is 3.74. The molecule has 1 N–H and O–H groups in total. The highest BCUT2D eigenvalue weighted by atomic mass is 16.4. The molecule has 0 saturated heterocycles. The maximum Gasteiger partial charge on any atom is 0.304 e. The fraction of sp³-hybridized carbons (Fsp3) is 0.182. The Morgan fingerprint density at radius 2 is 1.87 bits per heavy atom. The van der Waals surface area contributed by atoms with Crippen LogP contribution in [0.4, 0.5) is 0 Å². The van der Waals surface area contributed by atoms with Gasteiger partial charge in [0.25, 0.3) is 0 Å². The lowest BCUT2D eigenvalue weighted by Gasteiger charge is -2.05. The van der Waals surface area contributed by atoms with Gasteiger partial charge in [-0.15, -0.1) is 0 Å². The molecule has 0 radical (unpaired) electrons. The number of rotatable bonds is 5. The summed E-state index contributed by atoms with van der Waals surface area (Å²) in [5.41, 5.74) is 0.357. The fourth-order valence-electron chi connectivity index (χ4n) is 1.21. The molecular weight excluding hydrogens is 196 g/mol. The van der Waals surface area contributed by atoms with E-state index in [1.165, 1.54) is 0 Å². The minimum Gasteiger partial charge on any atom is -0.481 e. The number of hydrogen-bond donors (Lipinski definition) is 1. The van der Waals surface area contributed by atoms with E-state index in [4.69, 9.17) is 5.11 Å². The van der Waals surface area contributed by atoms with Gasteiger partial charge in [-0.05, 0) is 0 Å². The number of ketones is 1. The molecule has 1 rings (SSSR count). The predicted octanol–water partition coefficient (Wildman–Crippen LogP) is 1.16. The summed E-state index contributed by atoms with van der Waals surface area (Å²) in [6.07, 6.45) is -0.0827.